The van der Waals surface area contributed by atoms with Crippen molar-refractivity contribution in [2.45, 2.75) is 49.3 Å². The molecule has 0 saturated heterocycles. The smallest absolute Gasteiger partial charge is 0.312 e. The lowest BCUT2D eigenvalue weighted by Gasteiger charge is -2.60. The molecule has 4 bridgehead atoms. The lowest BCUT2D eigenvalue weighted by molar-refractivity contribution is -0.141. The van der Waals surface area contributed by atoms with Gasteiger partial charge in [0.1, 0.15) is 0 Å². The van der Waals surface area contributed by atoms with Gasteiger partial charge in [-0.2, -0.15) is 0 Å². The van der Waals surface area contributed by atoms with E-state index in [2.05, 4.69) is 15.9 Å². The highest BCUT2D eigenvalue weighted by molar-refractivity contribution is 9.10. The maximum Gasteiger partial charge on any atom is 0.312 e. The van der Waals surface area contributed by atoms with Gasteiger partial charge in [-0.15, -0.1) is 0 Å². The Hall–Kier alpha value is -1.23. The van der Waals surface area contributed by atoms with Crippen LogP contribution in [0, 0.1) is 17.3 Å². The predicted octanol–water partition coefficient (Wildman–Crippen LogP) is 4.73. The van der Waals surface area contributed by atoms with Gasteiger partial charge in [-0.25, -0.2) is 0 Å². The van der Waals surface area contributed by atoms with Gasteiger partial charge in [0, 0.05) is 4.32 Å². The highest BCUT2D eigenvalue weighted by Gasteiger charge is 2.57. The molecule has 4 aliphatic rings. The summed E-state index contributed by atoms with van der Waals surface area (Å²) in [6.45, 7) is 0. The minimum absolute atomic E-state index is 0.0971. The van der Waals surface area contributed by atoms with Crippen LogP contribution in [0.25, 0.3) is 0 Å². The maximum absolute atomic E-state index is 12.8. The van der Waals surface area contributed by atoms with Crippen LogP contribution in [-0.4, -0.2) is 24.5 Å². The van der Waals surface area contributed by atoms with Crippen LogP contribution in [0.1, 0.15) is 44.9 Å². The number of para-hydroxylation sites is 1. The fraction of sp³-hybridized carbons (Fsp3) is 0.650. The molecule has 25 heavy (non-hydrogen) atoms. The Morgan fingerprint density at radius 2 is 1.72 bits per heavy atom. The van der Waals surface area contributed by atoms with Crippen LogP contribution in [-0.2, 0) is 4.79 Å². The quantitative estimate of drug-likeness (QED) is 0.401. The number of methoxy groups -OCH3 is 2. The van der Waals surface area contributed by atoms with Crippen molar-refractivity contribution in [1.82, 2.24) is 0 Å². The highest BCUT2D eigenvalue weighted by atomic mass is 79.9. The van der Waals surface area contributed by atoms with E-state index < -0.39 is 0 Å². The molecule has 2 unspecified atom stereocenters. The molecule has 0 N–H and O–H groups in total. The Kier molecular flexibility index (Phi) is 4.25. The molecule has 0 heterocycles. The molecular formula is C20H25BrO4. The highest BCUT2D eigenvalue weighted by Crippen LogP contribution is 2.65. The van der Waals surface area contributed by atoms with E-state index in [0.717, 1.165) is 31.1 Å². The second kappa shape index (κ2) is 6.19. The molecule has 0 amide bonds. The summed E-state index contributed by atoms with van der Waals surface area (Å²) in [5, 5.41) is 0. The third kappa shape index (κ3) is 3.16. The standard InChI is InChI=1S/C20H25BrO4/c1-23-15-4-3-5-16(24-2)18(15)25-17(22)11-19-7-13-6-14(8-19)10-20(21,9-13)12-19/h3-5,13-14H,6-12H2,1-2H3. The first-order valence-electron chi connectivity index (χ1n) is 9.05. The Morgan fingerprint density at radius 3 is 2.24 bits per heavy atom. The average Bonchev–Trinajstić information content (AvgIpc) is 2.52. The number of esters is 1. The van der Waals surface area contributed by atoms with Crippen LogP contribution < -0.4 is 14.2 Å². The van der Waals surface area contributed by atoms with Crippen molar-refractivity contribution >= 4 is 21.9 Å². The number of carbonyl (C=O) groups is 1. The van der Waals surface area contributed by atoms with Gasteiger partial charge in [0.25, 0.3) is 0 Å². The number of benzene rings is 1. The normalized spacial score (nSPS) is 35.5. The first-order valence-corrected chi connectivity index (χ1v) is 9.84. The minimum Gasteiger partial charge on any atom is -0.493 e. The molecule has 5 rings (SSSR count). The fourth-order valence-electron chi connectivity index (χ4n) is 5.92. The lowest BCUT2D eigenvalue weighted by Crippen LogP contribution is -2.53. The maximum atomic E-state index is 12.8. The molecule has 2 atom stereocenters. The van der Waals surface area contributed by atoms with Crippen molar-refractivity contribution in [3.63, 3.8) is 0 Å². The summed E-state index contributed by atoms with van der Waals surface area (Å²) in [5.74, 6) is 2.77. The number of ether oxygens (including phenoxy) is 3. The van der Waals surface area contributed by atoms with Gasteiger partial charge in [-0.1, -0.05) is 22.0 Å². The van der Waals surface area contributed by atoms with Crippen molar-refractivity contribution in [3.05, 3.63) is 18.2 Å². The molecule has 136 valence electrons. The summed E-state index contributed by atoms with van der Waals surface area (Å²) in [7, 11) is 3.14. The Balaban J connectivity index is 1.52. The van der Waals surface area contributed by atoms with Crippen LogP contribution in [0.3, 0.4) is 0 Å². The largest absolute Gasteiger partial charge is 0.493 e. The van der Waals surface area contributed by atoms with Crippen LogP contribution in [0.4, 0.5) is 0 Å². The molecule has 0 spiro atoms. The third-order valence-corrected chi connectivity index (χ3v) is 7.16. The monoisotopic (exact) mass is 408 g/mol. The molecule has 4 fully saturated rings. The van der Waals surface area contributed by atoms with Crippen molar-refractivity contribution in [3.8, 4) is 17.2 Å². The Bertz CT molecular complexity index is 650. The second-order valence-corrected chi connectivity index (χ2v) is 9.94. The predicted molar refractivity (Wildman–Crippen MR) is 98.6 cm³/mol. The topological polar surface area (TPSA) is 44.8 Å². The summed E-state index contributed by atoms with van der Waals surface area (Å²) < 4.78 is 16.6. The van der Waals surface area contributed by atoms with E-state index in [0.29, 0.717) is 23.7 Å². The number of hydrogen-bond acceptors (Lipinski definition) is 4. The van der Waals surface area contributed by atoms with Gasteiger partial charge >= 0.3 is 5.97 Å². The van der Waals surface area contributed by atoms with E-state index in [-0.39, 0.29) is 15.7 Å². The second-order valence-electron chi connectivity index (χ2n) is 8.25. The zero-order valence-electron chi connectivity index (χ0n) is 14.8. The molecule has 0 radical (unpaired) electrons. The van der Waals surface area contributed by atoms with Crippen molar-refractivity contribution in [2.24, 2.45) is 17.3 Å². The van der Waals surface area contributed by atoms with E-state index >= 15 is 0 Å². The van der Waals surface area contributed by atoms with E-state index in [1.807, 2.05) is 6.07 Å². The van der Waals surface area contributed by atoms with Gasteiger partial charge in [-0.05, 0) is 67.9 Å². The van der Waals surface area contributed by atoms with E-state index in [4.69, 9.17) is 14.2 Å². The van der Waals surface area contributed by atoms with Gasteiger partial charge < -0.3 is 14.2 Å². The van der Waals surface area contributed by atoms with Gasteiger partial charge in [-0.3, -0.25) is 4.79 Å². The van der Waals surface area contributed by atoms with Crippen LogP contribution in [0.5, 0.6) is 17.2 Å². The van der Waals surface area contributed by atoms with Crippen molar-refractivity contribution in [2.75, 3.05) is 14.2 Å². The Labute approximate surface area is 157 Å². The molecule has 1 aromatic rings. The first kappa shape index (κ1) is 17.2. The minimum atomic E-state index is -0.180. The first-order chi connectivity index (χ1) is 11.9. The van der Waals surface area contributed by atoms with Crippen LogP contribution in [0.2, 0.25) is 0 Å². The molecule has 5 heteroatoms. The lowest BCUT2D eigenvalue weighted by atomic mass is 9.49. The fourth-order valence-corrected chi connectivity index (χ4v) is 7.43. The average molecular weight is 409 g/mol. The van der Waals surface area contributed by atoms with Crippen LogP contribution in [0.15, 0.2) is 18.2 Å². The summed E-state index contributed by atoms with van der Waals surface area (Å²) >= 11 is 4.00. The molecule has 1 aromatic carbocycles. The summed E-state index contributed by atoms with van der Waals surface area (Å²) in [6, 6.07) is 5.38. The molecular weight excluding hydrogens is 384 g/mol. The number of alkyl halides is 1. The zero-order chi connectivity index (χ0) is 17.7. The Morgan fingerprint density at radius 1 is 1.12 bits per heavy atom. The van der Waals surface area contributed by atoms with E-state index in [1.54, 1.807) is 26.4 Å². The molecule has 0 aromatic heterocycles. The van der Waals surface area contributed by atoms with E-state index in [9.17, 15) is 4.79 Å². The molecule has 4 aliphatic carbocycles. The van der Waals surface area contributed by atoms with E-state index in [1.165, 1.54) is 19.3 Å². The number of hydrogen-bond donors (Lipinski definition) is 0. The van der Waals surface area contributed by atoms with Gasteiger partial charge in [0.2, 0.25) is 5.75 Å². The number of halogens is 1. The molecule has 4 saturated carbocycles. The molecule has 0 aliphatic heterocycles. The third-order valence-electron chi connectivity index (χ3n) is 6.23. The zero-order valence-corrected chi connectivity index (χ0v) is 16.4. The van der Waals surface area contributed by atoms with Crippen molar-refractivity contribution < 1.29 is 19.0 Å². The van der Waals surface area contributed by atoms with Crippen LogP contribution >= 0.6 is 15.9 Å². The molecule has 4 nitrogen and oxygen atoms in total. The van der Waals surface area contributed by atoms with Gasteiger partial charge in [0.05, 0.1) is 20.6 Å². The van der Waals surface area contributed by atoms with Gasteiger partial charge in [0.15, 0.2) is 11.5 Å². The SMILES string of the molecule is COc1cccc(OC)c1OC(=O)CC12CC3CC(CC(Br)(C3)C1)C2. The van der Waals surface area contributed by atoms with Crippen molar-refractivity contribution in [1.29, 1.82) is 0 Å². The number of rotatable bonds is 5. The summed E-state index contributed by atoms with van der Waals surface area (Å²) in [5.41, 5.74) is 0.0971. The summed E-state index contributed by atoms with van der Waals surface area (Å²) in [6.07, 6.45) is 7.76. The summed E-state index contributed by atoms with van der Waals surface area (Å²) in [4.78, 5) is 12.8. The number of carbonyl (C=O) groups excluding carboxylic acids is 1.